The minimum atomic E-state index is -0.0230. The zero-order valence-corrected chi connectivity index (χ0v) is 16.1. The van der Waals surface area contributed by atoms with Crippen LogP contribution < -0.4 is 5.32 Å². The van der Waals surface area contributed by atoms with Crippen LogP contribution in [0.4, 0.5) is 4.79 Å². The number of carbonyl (C=O) groups is 1. The van der Waals surface area contributed by atoms with Gasteiger partial charge >= 0.3 is 6.03 Å². The van der Waals surface area contributed by atoms with Gasteiger partial charge in [0.2, 0.25) is 0 Å². The predicted molar refractivity (Wildman–Crippen MR) is 105 cm³/mol. The van der Waals surface area contributed by atoms with E-state index in [-0.39, 0.29) is 12.1 Å². The van der Waals surface area contributed by atoms with Gasteiger partial charge in [0.05, 0.1) is 12.6 Å². The fraction of sp³-hybridized carbons (Fsp3) is 0.316. The number of fused-ring (bicyclic) bond motifs is 1. The summed E-state index contributed by atoms with van der Waals surface area (Å²) in [6, 6.07) is 12.3. The third-order valence-electron chi connectivity index (χ3n) is 4.62. The first-order valence-electron chi connectivity index (χ1n) is 8.74. The number of hydrogen-bond acceptors (Lipinski definition) is 5. The molecule has 0 radical (unpaired) electrons. The van der Waals surface area contributed by atoms with Crippen molar-refractivity contribution in [3.05, 3.63) is 57.2 Å². The first-order chi connectivity index (χ1) is 12.8. The SMILES string of the molecule is CC[C@@H]1c2ccsc2CCN1C(=O)NCc1nnc(-c2ccccc2)s1. The van der Waals surface area contributed by atoms with Crippen LogP contribution in [0.3, 0.4) is 0 Å². The summed E-state index contributed by atoms with van der Waals surface area (Å²) in [5, 5.41) is 15.3. The molecule has 2 amide bonds. The Morgan fingerprint density at radius 3 is 2.92 bits per heavy atom. The second kappa shape index (κ2) is 7.55. The molecule has 0 fully saturated rings. The molecule has 0 bridgehead atoms. The minimum Gasteiger partial charge on any atom is -0.331 e. The Hall–Kier alpha value is -2.25. The van der Waals surface area contributed by atoms with Gasteiger partial charge in [0, 0.05) is 17.0 Å². The van der Waals surface area contributed by atoms with Crippen molar-refractivity contribution in [2.45, 2.75) is 32.4 Å². The van der Waals surface area contributed by atoms with E-state index in [0.29, 0.717) is 6.54 Å². The maximum atomic E-state index is 12.7. The third kappa shape index (κ3) is 3.37. The van der Waals surface area contributed by atoms with Crippen molar-refractivity contribution in [3.8, 4) is 10.6 Å². The lowest BCUT2D eigenvalue weighted by atomic mass is 9.98. The summed E-state index contributed by atoms with van der Waals surface area (Å²) in [5.74, 6) is 0. The fourth-order valence-corrected chi connectivity index (χ4v) is 5.07. The number of amides is 2. The smallest absolute Gasteiger partial charge is 0.318 e. The van der Waals surface area contributed by atoms with Gasteiger partial charge in [0.1, 0.15) is 10.0 Å². The number of nitrogens with one attached hydrogen (secondary N) is 1. The number of rotatable bonds is 4. The summed E-state index contributed by atoms with van der Waals surface area (Å²) in [7, 11) is 0. The summed E-state index contributed by atoms with van der Waals surface area (Å²) in [4.78, 5) is 16.1. The van der Waals surface area contributed by atoms with Crippen LogP contribution in [0, 0.1) is 0 Å². The Balaban J connectivity index is 1.41. The molecule has 7 heteroatoms. The summed E-state index contributed by atoms with van der Waals surface area (Å²) in [6.07, 6.45) is 1.86. The van der Waals surface area contributed by atoms with Crippen LogP contribution in [-0.2, 0) is 13.0 Å². The summed E-state index contributed by atoms with van der Waals surface area (Å²) < 4.78 is 0. The Labute approximate surface area is 160 Å². The first-order valence-corrected chi connectivity index (χ1v) is 10.4. The quantitative estimate of drug-likeness (QED) is 0.721. The highest BCUT2D eigenvalue weighted by Crippen LogP contribution is 2.35. The second-order valence-electron chi connectivity index (χ2n) is 6.19. The molecule has 5 nitrogen and oxygen atoms in total. The number of nitrogens with zero attached hydrogens (tertiary/aromatic N) is 3. The Kier molecular flexibility index (Phi) is 4.99. The van der Waals surface area contributed by atoms with Gasteiger partial charge in [-0.2, -0.15) is 0 Å². The molecule has 0 saturated carbocycles. The molecule has 134 valence electrons. The largest absolute Gasteiger partial charge is 0.331 e. The molecular weight excluding hydrogens is 364 g/mol. The number of aromatic nitrogens is 2. The molecule has 1 N–H and O–H groups in total. The van der Waals surface area contributed by atoms with Crippen molar-refractivity contribution >= 4 is 28.7 Å². The lowest BCUT2D eigenvalue weighted by Gasteiger charge is -2.35. The molecule has 1 atom stereocenters. The van der Waals surface area contributed by atoms with Crippen molar-refractivity contribution in [2.24, 2.45) is 0 Å². The van der Waals surface area contributed by atoms with E-state index in [4.69, 9.17) is 0 Å². The monoisotopic (exact) mass is 384 g/mol. The van der Waals surface area contributed by atoms with Crippen molar-refractivity contribution in [1.82, 2.24) is 20.4 Å². The highest BCUT2D eigenvalue weighted by molar-refractivity contribution is 7.14. The highest BCUT2D eigenvalue weighted by Gasteiger charge is 2.30. The fourth-order valence-electron chi connectivity index (χ4n) is 3.35. The summed E-state index contributed by atoms with van der Waals surface area (Å²) in [6.45, 7) is 3.31. The summed E-state index contributed by atoms with van der Waals surface area (Å²) >= 11 is 3.31. The van der Waals surface area contributed by atoms with Crippen LogP contribution in [0.2, 0.25) is 0 Å². The van der Waals surface area contributed by atoms with Crippen LogP contribution in [0.5, 0.6) is 0 Å². The average molecular weight is 385 g/mol. The van der Waals surface area contributed by atoms with Gasteiger partial charge in [-0.3, -0.25) is 0 Å². The van der Waals surface area contributed by atoms with Crippen molar-refractivity contribution in [1.29, 1.82) is 0 Å². The zero-order valence-electron chi connectivity index (χ0n) is 14.5. The molecule has 1 aromatic carbocycles. The van der Waals surface area contributed by atoms with E-state index < -0.39 is 0 Å². The Bertz CT molecular complexity index is 890. The Morgan fingerprint density at radius 2 is 2.12 bits per heavy atom. The third-order valence-corrected chi connectivity index (χ3v) is 6.59. The van der Waals surface area contributed by atoms with Gasteiger partial charge < -0.3 is 10.2 Å². The van der Waals surface area contributed by atoms with E-state index in [1.165, 1.54) is 21.8 Å². The molecule has 3 aromatic rings. The first kappa shape index (κ1) is 17.2. The molecule has 0 saturated heterocycles. The maximum absolute atomic E-state index is 12.7. The van der Waals surface area contributed by atoms with Crippen molar-refractivity contribution < 1.29 is 4.79 Å². The van der Waals surface area contributed by atoms with Crippen molar-refractivity contribution in [3.63, 3.8) is 0 Å². The number of benzene rings is 1. The number of hydrogen-bond donors (Lipinski definition) is 1. The lowest BCUT2D eigenvalue weighted by Crippen LogP contribution is -2.44. The molecule has 26 heavy (non-hydrogen) atoms. The number of carbonyl (C=O) groups excluding carboxylic acids is 1. The van der Waals surface area contributed by atoms with Gasteiger partial charge in [-0.15, -0.1) is 21.5 Å². The molecular formula is C19H20N4OS2. The van der Waals surface area contributed by atoms with Crippen LogP contribution >= 0.6 is 22.7 Å². The molecule has 0 unspecified atom stereocenters. The molecule has 3 heterocycles. The molecule has 1 aliphatic heterocycles. The molecule has 2 aromatic heterocycles. The Morgan fingerprint density at radius 1 is 1.27 bits per heavy atom. The average Bonchev–Trinajstić information content (AvgIpc) is 3.35. The summed E-state index contributed by atoms with van der Waals surface area (Å²) in [5.41, 5.74) is 2.36. The minimum absolute atomic E-state index is 0.0230. The van der Waals surface area contributed by atoms with E-state index in [2.05, 4.69) is 33.9 Å². The van der Waals surface area contributed by atoms with Gasteiger partial charge in [0.25, 0.3) is 0 Å². The normalized spacial score (nSPS) is 16.3. The van der Waals surface area contributed by atoms with E-state index in [0.717, 1.165) is 35.0 Å². The topological polar surface area (TPSA) is 58.1 Å². The maximum Gasteiger partial charge on any atom is 0.318 e. The standard InChI is InChI=1S/C19H20N4OS2/c1-2-15-14-9-11-25-16(14)8-10-23(15)19(24)20-12-17-21-22-18(26-17)13-6-4-3-5-7-13/h3-7,9,11,15H,2,8,10,12H2,1H3,(H,20,24)/t15-/m1/s1. The molecule has 1 aliphatic rings. The van der Waals surface area contributed by atoms with Crippen LogP contribution in [0.15, 0.2) is 41.8 Å². The number of thiophene rings is 1. The van der Waals surface area contributed by atoms with Gasteiger partial charge in [0.15, 0.2) is 0 Å². The van der Waals surface area contributed by atoms with E-state index in [1.54, 1.807) is 11.3 Å². The van der Waals surface area contributed by atoms with E-state index in [9.17, 15) is 4.79 Å². The van der Waals surface area contributed by atoms with Crippen LogP contribution in [-0.4, -0.2) is 27.7 Å². The van der Waals surface area contributed by atoms with Gasteiger partial charge in [-0.05, 0) is 29.9 Å². The second-order valence-corrected chi connectivity index (χ2v) is 8.25. The highest BCUT2D eigenvalue weighted by atomic mass is 32.1. The number of urea groups is 1. The molecule has 4 rings (SSSR count). The molecule has 0 aliphatic carbocycles. The van der Waals surface area contributed by atoms with E-state index in [1.807, 2.05) is 35.2 Å². The predicted octanol–water partition coefficient (Wildman–Crippen LogP) is 4.49. The van der Waals surface area contributed by atoms with Crippen LogP contribution in [0.1, 0.15) is 34.8 Å². The van der Waals surface area contributed by atoms with Crippen LogP contribution in [0.25, 0.3) is 10.6 Å². The zero-order chi connectivity index (χ0) is 17.9. The van der Waals surface area contributed by atoms with Gasteiger partial charge in [-0.25, -0.2) is 4.79 Å². The lowest BCUT2D eigenvalue weighted by molar-refractivity contribution is 0.167. The van der Waals surface area contributed by atoms with E-state index >= 15 is 0 Å². The van der Waals surface area contributed by atoms with Crippen molar-refractivity contribution in [2.75, 3.05) is 6.54 Å². The molecule has 0 spiro atoms. The van der Waals surface area contributed by atoms with Gasteiger partial charge in [-0.1, -0.05) is 48.6 Å².